The predicted octanol–water partition coefficient (Wildman–Crippen LogP) is 2.26. The summed E-state index contributed by atoms with van der Waals surface area (Å²) in [7, 11) is 0. The lowest BCUT2D eigenvalue weighted by molar-refractivity contribution is 0.202. The van der Waals surface area contributed by atoms with Crippen LogP contribution in [0, 0.1) is 12.7 Å². The fraction of sp³-hybridized carbons (Fsp3) is 0.571. The number of benzene rings is 1. The van der Waals surface area contributed by atoms with Gasteiger partial charge in [0.05, 0.1) is 13.2 Å². The van der Waals surface area contributed by atoms with Crippen molar-refractivity contribution in [2.75, 3.05) is 13.2 Å². The van der Waals surface area contributed by atoms with Gasteiger partial charge in [-0.3, -0.25) is 0 Å². The zero-order chi connectivity index (χ0) is 13.5. The van der Waals surface area contributed by atoms with Crippen molar-refractivity contribution < 1.29 is 14.2 Å². The average molecular weight is 255 g/mol. The van der Waals surface area contributed by atoms with Crippen molar-refractivity contribution >= 4 is 0 Å². The molecule has 0 aliphatic heterocycles. The molecule has 0 spiro atoms. The quantitative estimate of drug-likeness (QED) is 0.785. The second kappa shape index (κ2) is 7.34. The Kier molecular flexibility index (Phi) is 6.09. The van der Waals surface area contributed by atoms with E-state index in [0.29, 0.717) is 30.4 Å². The Morgan fingerprint density at radius 1 is 1.39 bits per heavy atom. The summed E-state index contributed by atoms with van der Waals surface area (Å²) in [6.45, 7) is 6.36. The molecule has 1 unspecified atom stereocenters. The average Bonchev–Trinajstić information content (AvgIpc) is 2.32. The summed E-state index contributed by atoms with van der Waals surface area (Å²) in [4.78, 5) is 0. The van der Waals surface area contributed by atoms with Crippen LogP contribution in [0.5, 0.6) is 5.75 Å². The lowest BCUT2D eigenvalue weighted by atomic mass is 10.2. The summed E-state index contributed by atoms with van der Waals surface area (Å²) >= 11 is 0. The number of hydrogen-bond donors (Lipinski definition) is 2. The maximum absolute atomic E-state index is 13.0. The van der Waals surface area contributed by atoms with Gasteiger partial charge in [-0.15, -0.1) is 0 Å². The second-order valence-electron chi connectivity index (χ2n) is 4.75. The van der Waals surface area contributed by atoms with Gasteiger partial charge in [-0.2, -0.15) is 0 Å². The third-order valence-corrected chi connectivity index (χ3v) is 2.65. The van der Waals surface area contributed by atoms with Gasteiger partial charge in [0.1, 0.15) is 11.6 Å². The highest BCUT2D eigenvalue weighted by atomic mass is 19.1. The summed E-state index contributed by atoms with van der Waals surface area (Å²) < 4.78 is 18.6. The van der Waals surface area contributed by atoms with Gasteiger partial charge in [-0.05, 0) is 37.1 Å². The number of halogens is 1. The van der Waals surface area contributed by atoms with Crippen molar-refractivity contribution in [3.8, 4) is 5.75 Å². The number of ether oxygens (including phenoxy) is 1. The molecule has 0 aromatic heterocycles. The number of nitrogens with one attached hydrogen (secondary N) is 1. The highest BCUT2D eigenvalue weighted by Gasteiger charge is 2.08. The van der Waals surface area contributed by atoms with Crippen molar-refractivity contribution in [3.63, 3.8) is 0 Å². The number of rotatable bonds is 7. The van der Waals surface area contributed by atoms with Crippen molar-refractivity contribution in [2.24, 2.45) is 0 Å². The lowest BCUT2D eigenvalue weighted by Gasteiger charge is -2.19. The second-order valence-corrected chi connectivity index (χ2v) is 4.75. The van der Waals surface area contributed by atoms with E-state index in [1.807, 2.05) is 13.8 Å². The zero-order valence-electron chi connectivity index (χ0n) is 11.2. The Balaban J connectivity index is 2.38. The van der Waals surface area contributed by atoms with Crippen molar-refractivity contribution in [1.29, 1.82) is 0 Å². The normalized spacial score (nSPS) is 12.8. The third kappa shape index (κ3) is 5.02. The van der Waals surface area contributed by atoms with Crippen LogP contribution in [0.3, 0.4) is 0 Å². The lowest BCUT2D eigenvalue weighted by Crippen LogP contribution is -2.38. The van der Waals surface area contributed by atoms with E-state index in [1.54, 1.807) is 19.1 Å². The van der Waals surface area contributed by atoms with Crippen LogP contribution in [-0.2, 0) is 0 Å². The van der Waals surface area contributed by atoms with Crippen LogP contribution in [0.15, 0.2) is 18.2 Å². The fourth-order valence-corrected chi connectivity index (χ4v) is 1.72. The molecular weight excluding hydrogens is 233 g/mol. The Bertz CT molecular complexity index is 369. The van der Waals surface area contributed by atoms with E-state index in [4.69, 9.17) is 4.74 Å². The molecule has 0 aliphatic rings. The Morgan fingerprint density at radius 2 is 2.11 bits per heavy atom. The number of aryl methyl sites for hydroxylation is 1. The Hall–Kier alpha value is -1.13. The zero-order valence-corrected chi connectivity index (χ0v) is 11.2. The maximum Gasteiger partial charge on any atom is 0.126 e. The summed E-state index contributed by atoms with van der Waals surface area (Å²) in [6.07, 6.45) is 0.713. The summed E-state index contributed by atoms with van der Waals surface area (Å²) in [5.74, 6) is 0.437. The highest BCUT2D eigenvalue weighted by Crippen LogP contribution is 2.16. The fourth-order valence-electron chi connectivity index (χ4n) is 1.72. The van der Waals surface area contributed by atoms with Gasteiger partial charge in [-0.1, -0.05) is 13.8 Å². The molecule has 3 nitrogen and oxygen atoms in total. The van der Waals surface area contributed by atoms with Crippen LogP contribution < -0.4 is 10.1 Å². The molecule has 2 N–H and O–H groups in total. The van der Waals surface area contributed by atoms with E-state index < -0.39 is 0 Å². The van der Waals surface area contributed by atoms with Gasteiger partial charge in [-0.25, -0.2) is 4.39 Å². The summed E-state index contributed by atoms with van der Waals surface area (Å²) in [5.41, 5.74) is 0.575. The van der Waals surface area contributed by atoms with Gasteiger partial charge in [0.25, 0.3) is 0 Å². The minimum Gasteiger partial charge on any atom is -0.494 e. The minimum atomic E-state index is -0.225. The molecule has 1 rings (SSSR count). The monoisotopic (exact) mass is 255 g/mol. The van der Waals surface area contributed by atoms with Crippen molar-refractivity contribution in [2.45, 2.75) is 39.3 Å². The minimum absolute atomic E-state index is 0.0338. The summed E-state index contributed by atoms with van der Waals surface area (Å²) in [5, 5.41) is 12.4. The van der Waals surface area contributed by atoms with Crippen molar-refractivity contribution in [3.05, 3.63) is 29.6 Å². The van der Waals surface area contributed by atoms with Crippen molar-refractivity contribution in [1.82, 2.24) is 5.32 Å². The van der Waals surface area contributed by atoms with Gasteiger partial charge in [0.15, 0.2) is 0 Å². The largest absolute Gasteiger partial charge is 0.494 e. The van der Waals surface area contributed by atoms with Gasteiger partial charge in [0, 0.05) is 12.1 Å². The molecule has 1 aromatic carbocycles. The number of hydrogen-bond acceptors (Lipinski definition) is 3. The molecule has 1 aromatic rings. The molecular formula is C14H22FNO2. The Morgan fingerprint density at radius 3 is 2.67 bits per heavy atom. The molecule has 18 heavy (non-hydrogen) atoms. The first-order valence-electron chi connectivity index (χ1n) is 6.28. The molecule has 0 bridgehead atoms. The third-order valence-electron chi connectivity index (χ3n) is 2.65. The molecule has 102 valence electrons. The van der Waals surface area contributed by atoms with Gasteiger partial charge >= 0.3 is 0 Å². The first kappa shape index (κ1) is 14.9. The molecule has 0 fully saturated rings. The standard InChI is InChI=1S/C14H22FNO2/c1-10(2)16-12(9-17)6-7-18-13-4-5-14(15)11(3)8-13/h4-5,8,10,12,16-17H,6-7,9H2,1-3H3. The number of aliphatic hydroxyl groups is 1. The molecule has 0 radical (unpaired) electrons. The molecule has 4 heteroatoms. The van der Waals surface area contributed by atoms with Crippen LogP contribution >= 0.6 is 0 Å². The molecule has 0 heterocycles. The molecule has 1 atom stereocenters. The first-order chi connectivity index (χ1) is 8.52. The summed E-state index contributed by atoms with van der Waals surface area (Å²) in [6, 6.07) is 5.06. The van der Waals surface area contributed by atoms with E-state index in [-0.39, 0.29) is 18.5 Å². The van der Waals surface area contributed by atoms with E-state index >= 15 is 0 Å². The predicted molar refractivity (Wildman–Crippen MR) is 70.4 cm³/mol. The van der Waals surface area contributed by atoms with Crippen LogP contribution in [0.2, 0.25) is 0 Å². The SMILES string of the molecule is Cc1cc(OCCC(CO)NC(C)C)ccc1F. The van der Waals surface area contributed by atoms with Gasteiger partial charge < -0.3 is 15.2 Å². The Labute approximate surface area is 108 Å². The van der Waals surface area contributed by atoms with E-state index in [0.717, 1.165) is 0 Å². The van der Waals surface area contributed by atoms with Crippen LogP contribution in [0.1, 0.15) is 25.8 Å². The van der Waals surface area contributed by atoms with E-state index in [9.17, 15) is 9.50 Å². The highest BCUT2D eigenvalue weighted by molar-refractivity contribution is 5.28. The van der Waals surface area contributed by atoms with Crippen LogP contribution in [0.4, 0.5) is 4.39 Å². The van der Waals surface area contributed by atoms with Crippen LogP contribution in [-0.4, -0.2) is 30.4 Å². The smallest absolute Gasteiger partial charge is 0.126 e. The van der Waals surface area contributed by atoms with Gasteiger partial charge in [0.2, 0.25) is 0 Å². The molecule has 0 saturated heterocycles. The molecule has 0 amide bonds. The van der Waals surface area contributed by atoms with E-state index in [2.05, 4.69) is 5.32 Å². The van der Waals surface area contributed by atoms with Crippen LogP contribution in [0.25, 0.3) is 0 Å². The molecule has 0 saturated carbocycles. The maximum atomic E-state index is 13.0. The number of aliphatic hydroxyl groups excluding tert-OH is 1. The first-order valence-corrected chi connectivity index (χ1v) is 6.28. The van der Waals surface area contributed by atoms with E-state index in [1.165, 1.54) is 6.07 Å². The molecule has 0 aliphatic carbocycles. The topological polar surface area (TPSA) is 41.5 Å².